The van der Waals surface area contributed by atoms with Crippen molar-refractivity contribution in [3.63, 3.8) is 0 Å². The molecule has 0 fully saturated rings. The van der Waals surface area contributed by atoms with Gasteiger partial charge < -0.3 is 4.74 Å². The fraction of sp³-hybridized carbons (Fsp3) is 0.667. The largest absolute Gasteiger partial charge is 0.469 e. The molecular weight excluding hydrogens is 316 g/mol. The average Bonchev–Trinajstić information content (AvgIpc) is 2.96. The van der Waals surface area contributed by atoms with Gasteiger partial charge in [-0.2, -0.15) is 0 Å². The Bertz CT molecular complexity index is 490. The second-order valence-corrected chi connectivity index (χ2v) is 6.74. The number of ether oxygens (including phenoxy) is 1. The Kier molecular flexibility index (Phi) is 10.8. The van der Waals surface area contributed by atoms with Gasteiger partial charge in [0.05, 0.1) is 7.11 Å². The van der Waals surface area contributed by atoms with Gasteiger partial charge in [0.2, 0.25) is 0 Å². The van der Waals surface area contributed by atoms with Crippen LogP contribution in [0.25, 0.3) is 0 Å². The first kappa shape index (κ1) is 21.3. The highest BCUT2D eigenvalue weighted by Gasteiger charge is 2.28. The van der Waals surface area contributed by atoms with Crippen molar-refractivity contribution >= 4 is 17.5 Å². The Hall–Kier alpha value is -1.71. The summed E-state index contributed by atoms with van der Waals surface area (Å²) in [7, 11) is 1.39. The second-order valence-electron chi connectivity index (χ2n) is 6.74. The number of methoxy groups -OCH3 is 1. The number of esters is 1. The molecule has 2 atom stereocenters. The van der Waals surface area contributed by atoms with E-state index in [2.05, 4.69) is 11.7 Å². The van der Waals surface area contributed by atoms with Gasteiger partial charge in [0.1, 0.15) is 5.78 Å². The number of ketones is 2. The van der Waals surface area contributed by atoms with Crippen molar-refractivity contribution in [3.05, 3.63) is 24.3 Å². The monoisotopic (exact) mass is 348 g/mol. The van der Waals surface area contributed by atoms with Crippen LogP contribution in [0, 0.1) is 11.8 Å². The number of Topliss-reactive ketones (excluding diaryl/α,β-unsaturated/α-hetero) is 1. The molecular formula is C21H32O4. The Morgan fingerprint density at radius 3 is 2.64 bits per heavy atom. The molecule has 4 nitrogen and oxygen atoms in total. The standard InChI is InChI=1S/C21H32O4/c1-3-4-7-10-18(22)15-13-17-14-16-20(23)19(17)11-8-5-6-9-12-21(24)25-2/h5,8,14,16-17,19H,3-4,6-7,9-13,15H2,1-2H3/b8-5-/t17-,19?/m0/s1. The van der Waals surface area contributed by atoms with E-state index in [0.717, 1.165) is 38.5 Å². The van der Waals surface area contributed by atoms with E-state index < -0.39 is 0 Å². The van der Waals surface area contributed by atoms with Gasteiger partial charge in [0, 0.05) is 25.2 Å². The molecule has 0 heterocycles. The first-order valence-corrected chi connectivity index (χ1v) is 9.54. The predicted molar refractivity (Wildman–Crippen MR) is 99.1 cm³/mol. The molecule has 0 aromatic heterocycles. The fourth-order valence-corrected chi connectivity index (χ4v) is 3.13. The molecule has 0 amide bonds. The molecule has 1 aliphatic carbocycles. The molecule has 25 heavy (non-hydrogen) atoms. The van der Waals surface area contributed by atoms with Gasteiger partial charge in [-0.15, -0.1) is 0 Å². The lowest BCUT2D eigenvalue weighted by molar-refractivity contribution is -0.140. The normalized spacial score (nSPS) is 19.7. The number of unbranched alkanes of at least 4 members (excludes halogenated alkanes) is 3. The van der Waals surface area contributed by atoms with Gasteiger partial charge in [-0.1, -0.05) is 38.0 Å². The van der Waals surface area contributed by atoms with Crippen molar-refractivity contribution < 1.29 is 19.1 Å². The Labute approximate surface area is 151 Å². The van der Waals surface area contributed by atoms with E-state index in [1.165, 1.54) is 7.11 Å². The van der Waals surface area contributed by atoms with Crippen LogP contribution in [0.2, 0.25) is 0 Å². The third-order valence-electron chi connectivity index (χ3n) is 4.74. The molecule has 0 bridgehead atoms. The molecule has 0 saturated heterocycles. The molecule has 0 aromatic carbocycles. The lowest BCUT2D eigenvalue weighted by atomic mass is 9.87. The number of hydrogen-bond acceptors (Lipinski definition) is 4. The quantitative estimate of drug-likeness (QED) is 0.278. The molecule has 0 N–H and O–H groups in total. The van der Waals surface area contributed by atoms with E-state index in [9.17, 15) is 14.4 Å². The predicted octanol–water partition coefficient (Wildman–Crippen LogP) is 4.58. The van der Waals surface area contributed by atoms with Crippen molar-refractivity contribution in [1.29, 1.82) is 0 Å². The summed E-state index contributed by atoms with van der Waals surface area (Å²) in [5, 5.41) is 0. The first-order chi connectivity index (χ1) is 12.1. The van der Waals surface area contributed by atoms with E-state index in [0.29, 0.717) is 31.5 Å². The van der Waals surface area contributed by atoms with Crippen LogP contribution in [0.15, 0.2) is 24.3 Å². The highest BCUT2D eigenvalue weighted by Crippen LogP contribution is 2.30. The van der Waals surface area contributed by atoms with Gasteiger partial charge in [-0.25, -0.2) is 0 Å². The van der Waals surface area contributed by atoms with Gasteiger partial charge in [0.15, 0.2) is 5.78 Å². The highest BCUT2D eigenvalue weighted by atomic mass is 16.5. The van der Waals surface area contributed by atoms with Crippen molar-refractivity contribution in [2.75, 3.05) is 7.11 Å². The van der Waals surface area contributed by atoms with Crippen LogP contribution in [0.4, 0.5) is 0 Å². The maximum atomic E-state index is 12.0. The van der Waals surface area contributed by atoms with Crippen LogP contribution in [-0.2, 0) is 19.1 Å². The molecule has 0 saturated carbocycles. The summed E-state index contributed by atoms with van der Waals surface area (Å²) < 4.78 is 4.60. The van der Waals surface area contributed by atoms with Crippen molar-refractivity contribution in [2.24, 2.45) is 11.8 Å². The third-order valence-corrected chi connectivity index (χ3v) is 4.74. The lowest BCUT2D eigenvalue weighted by Crippen LogP contribution is -2.16. The van der Waals surface area contributed by atoms with Crippen molar-refractivity contribution in [1.82, 2.24) is 0 Å². The molecule has 140 valence electrons. The minimum atomic E-state index is -0.188. The molecule has 4 heteroatoms. The van der Waals surface area contributed by atoms with Crippen LogP contribution in [-0.4, -0.2) is 24.6 Å². The Morgan fingerprint density at radius 1 is 1.12 bits per heavy atom. The SMILES string of the molecule is CCCCCC(=O)CC[C@H]1C=CC(=O)C1C/C=C\CCCC(=O)OC. The third kappa shape index (κ3) is 8.80. The van der Waals surface area contributed by atoms with Crippen molar-refractivity contribution in [3.8, 4) is 0 Å². The zero-order valence-electron chi connectivity index (χ0n) is 15.7. The fourth-order valence-electron chi connectivity index (χ4n) is 3.13. The van der Waals surface area contributed by atoms with E-state index in [1.807, 2.05) is 18.2 Å². The second kappa shape index (κ2) is 12.6. The van der Waals surface area contributed by atoms with E-state index >= 15 is 0 Å². The number of rotatable bonds is 13. The van der Waals surface area contributed by atoms with Crippen molar-refractivity contribution in [2.45, 2.75) is 71.1 Å². The average molecular weight is 348 g/mol. The van der Waals surface area contributed by atoms with E-state index in [4.69, 9.17) is 0 Å². The molecule has 0 spiro atoms. The van der Waals surface area contributed by atoms with Crippen LogP contribution in [0.5, 0.6) is 0 Å². The summed E-state index contributed by atoms with van der Waals surface area (Å²) in [4.78, 5) is 35.0. The van der Waals surface area contributed by atoms with Crippen LogP contribution in [0.3, 0.4) is 0 Å². The molecule has 1 rings (SSSR count). The Morgan fingerprint density at radius 2 is 1.92 bits per heavy atom. The zero-order valence-corrected chi connectivity index (χ0v) is 15.7. The van der Waals surface area contributed by atoms with Crippen LogP contribution < -0.4 is 0 Å². The first-order valence-electron chi connectivity index (χ1n) is 9.54. The number of hydrogen-bond donors (Lipinski definition) is 0. The van der Waals surface area contributed by atoms with Crippen LogP contribution >= 0.6 is 0 Å². The van der Waals surface area contributed by atoms with Gasteiger partial charge >= 0.3 is 5.97 Å². The topological polar surface area (TPSA) is 60.4 Å². The highest BCUT2D eigenvalue weighted by molar-refractivity contribution is 5.94. The zero-order chi connectivity index (χ0) is 18.5. The maximum Gasteiger partial charge on any atom is 0.305 e. The molecule has 0 aliphatic heterocycles. The lowest BCUT2D eigenvalue weighted by Gasteiger charge is -2.16. The minimum absolute atomic E-state index is 0.0275. The summed E-state index contributed by atoms with van der Waals surface area (Å²) in [5.74, 6) is 0.454. The number of carbonyl (C=O) groups is 3. The minimum Gasteiger partial charge on any atom is -0.469 e. The summed E-state index contributed by atoms with van der Waals surface area (Å²) in [6.07, 6.45) is 15.6. The molecule has 0 radical (unpaired) electrons. The smallest absolute Gasteiger partial charge is 0.305 e. The Balaban J connectivity index is 2.28. The molecule has 1 unspecified atom stereocenters. The van der Waals surface area contributed by atoms with Gasteiger partial charge in [-0.05, 0) is 44.1 Å². The summed E-state index contributed by atoms with van der Waals surface area (Å²) in [6.45, 7) is 2.13. The number of carbonyl (C=O) groups excluding carboxylic acids is 3. The van der Waals surface area contributed by atoms with E-state index in [1.54, 1.807) is 6.08 Å². The maximum absolute atomic E-state index is 12.0. The summed E-state index contributed by atoms with van der Waals surface area (Å²) >= 11 is 0. The van der Waals surface area contributed by atoms with Gasteiger partial charge in [-0.3, -0.25) is 14.4 Å². The summed E-state index contributed by atoms with van der Waals surface area (Å²) in [5.41, 5.74) is 0. The number of allylic oxidation sites excluding steroid dienone is 4. The summed E-state index contributed by atoms with van der Waals surface area (Å²) in [6, 6.07) is 0. The van der Waals surface area contributed by atoms with E-state index in [-0.39, 0.29) is 23.6 Å². The van der Waals surface area contributed by atoms with Crippen LogP contribution in [0.1, 0.15) is 71.1 Å². The van der Waals surface area contributed by atoms with Gasteiger partial charge in [0.25, 0.3) is 0 Å². The molecule has 0 aromatic rings. The molecule has 1 aliphatic rings.